The molecule has 0 bridgehead atoms. The van der Waals surface area contributed by atoms with Crippen LogP contribution in [0.4, 0.5) is 0 Å². The fraction of sp³-hybridized carbons (Fsp3) is 0.133. The minimum atomic E-state index is 0.0731. The Hall–Kier alpha value is -1.60. The Morgan fingerprint density at radius 1 is 0.941 bits per heavy atom. The topological polar surface area (TPSA) is 12.4 Å². The van der Waals surface area contributed by atoms with Gasteiger partial charge < -0.3 is 0 Å². The largest absolute Gasteiger partial charge is 0.265 e. The van der Waals surface area contributed by atoms with Gasteiger partial charge in [0.2, 0.25) is 0 Å². The second-order valence-electron chi connectivity index (χ2n) is 3.87. The molecule has 2 rings (SSSR count). The van der Waals surface area contributed by atoms with E-state index in [2.05, 4.69) is 17.1 Å². The normalized spacial score (nSPS) is 13.4. The van der Waals surface area contributed by atoms with Crippen molar-refractivity contribution in [2.75, 3.05) is 0 Å². The second-order valence-corrected chi connectivity index (χ2v) is 4.23. The Labute approximate surface area is 107 Å². The zero-order valence-electron chi connectivity index (χ0n) is 9.68. The molecule has 1 nitrogen and oxygen atoms in total. The molecule has 0 aliphatic heterocycles. The Bertz CT molecular complexity index is 491. The molecule has 0 amide bonds. The number of hydrogen-bond acceptors (Lipinski definition) is 1. The van der Waals surface area contributed by atoms with Crippen LogP contribution in [0.3, 0.4) is 0 Å². The van der Waals surface area contributed by atoms with Gasteiger partial charge >= 0.3 is 0 Å². The fourth-order valence-electron chi connectivity index (χ4n) is 1.63. The SMILES string of the molecule is CC(N=C(Cl)c1ccccc1)c1ccccc1. The fourth-order valence-corrected chi connectivity index (χ4v) is 1.90. The molecule has 0 aliphatic rings. The monoisotopic (exact) mass is 243 g/mol. The molecule has 0 heterocycles. The summed E-state index contributed by atoms with van der Waals surface area (Å²) in [5.41, 5.74) is 2.12. The first-order valence-electron chi connectivity index (χ1n) is 5.61. The van der Waals surface area contributed by atoms with Gasteiger partial charge in [-0.15, -0.1) is 0 Å². The lowest BCUT2D eigenvalue weighted by molar-refractivity contribution is 0.823. The minimum Gasteiger partial charge on any atom is -0.265 e. The van der Waals surface area contributed by atoms with Crippen LogP contribution in [0, 0.1) is 0 Å². The molecule has 0 fully saturated rings. The van der Waals surface area contributed by atoms with Gasteiger partial charge in [0.25, 0.3) is 0 Å². The van der Waals surface area contributed by atoms with Crippen LogP contribution >= 0.6 is 11.6 Å². The van der Waals surface area contributed by atoms with E-state index in [9.17, 15) is 0 Å². The van der Waals surface area contributed by atoms with E-state index in [1.807, 2.05) is 55.5 Å². The van der Waals surface area contributed by atoms with Crippen molar-refractivity contribution < 1.29 is 0 Å². The number of aliphatic imine (C=N–C) groups is 1. The van der Waals surface area contributed by atoms with E-state index in [4.69, 9.17) is 11.6 Å². The van der Waals surface area contributed by atoms with Crippen molar-refractivity contribution in [3.8, 4) is 0 Å². The van der Waals surface area contributed by atoms with Crippen LogP contribution in [0.25, 0.3) is 0 Å². The van der Waals surface area contributed by atoms with E-state index >= 15 is 0 Å². The average Bonchev–Trinajstić information content (AvgIpc) is 2.40. The molecule has 0 spiro atoms. The average molecular weight is 244 g/mol. The smallest absolute Gasteiger partial charge is 0.131 e. The number of halogens is 1. The summed E-state index contributed by atoms with van der Waals surface area (Å²) >= 11 is 6.20. The van der Waals surface area contributed by atoms with Crippen molar-refractivity contribution in [3.63, 3.8) is 0 Å². The lowest BCUT2D eigenvalue weighted by atomic mass is 10.1. The molecule has 2 heteroatoms. The predicted octanol–water partition coefficient (Wildman–Crippen LogP) is 4.43. The van der Waals surface area contributed by atoms with Crippen LogP contribution in [-0.2, 0) is 0 Å². The van der Waals surface area contributed by atoms with Crippen LogP contribution in [0.15, 0.2) is 65.7 Å². The Morgan fingerprint density at radius 2 is 1.47 bits per heavy atom. The molecule has 0 N–H and O–H groups in total. The maximum absolute atomic E-state index is 6.20. The maximum Gasteiger partial charge on any atom is 0.131 e. The molecule has 0 saturated heterocycles. The Morgan fingerprint density at radius 3 is 2.06 bits per heavy atom. The van der Waals surface area contributed by atoms with Gasteiger partial charge in [-0.2, -0.15) is 0 Å². The van der Waals surface area contributed by atoms with E-state index < -0.39 is 0 Å². The van der Waals surface area contributed by atoms with Crippen LogP contribution in [-0.4, -0.2) is 5.17 Å². The third kappa shape index (κ3) is 3.18. The Kier molecular flexibility index (Phi) is 3.94. The van der Waals surface area contributed by atoms with Crippen molar-refractivity contribution in [2.45, 2.75) is 13.0 Å². The minimum absolute atomic E-state index is 0.0731. The van der Waals surface area contributed by atoms with Crippen LogP contribution in [0.5, 0.6) is 0 Å². The van der Waals surface area contributed by atoms with Crippen LogP contribution in [0.1, 0.15) is 24.1 Å². The molecule has 0 saturated carbocycles. The molecule has 0 aromatic heterocycles. The summed E-state index contributed by atoms with van der Waals surface area (Å²) in [6.07, 6.45) is 0. The van der Waals surface area contributed by atoms with Crippen LogP contribution in [0.2, 0.25) is 0 Å². The number of nitrogens with zero attached hydrogens (tertiary/aromatic N) is 1. The quantitative estimate of drug-likeness (QED) is 0.707. The summed E-state index contributed by atoms with van der Waals surface area (Å²) in [6.45, 7) is 2.04. The molecule has 1 atom stereocenters. The molecular weight excluding hydrogens is 230 g/mol. The summed E-state index contributed by atoms with van der Waals surface area (Å²) < 4.78 is 0. The zero-order chi connectivity index (χ0) is 12.1. The summed E-state index contributed by atoms with van der Waals surface area (Å²) in [4.78, 5) is 4.50. The van der Waals surface area contributed by atoms with Crippen molar-refractivity contribution >= 4 is 16.8 Å². The van der Waals surface area contributed by atoms with Crippen molar-refractivity contribution in [1.29, 1.82) is 0 Å². The number of benzene rings is 2. The molecule has 0 aliphatic carbocycles. The molecule has 86 valence electrons. The predicted molar refractivity (Wildman–Crippen MR) is 73.7 cm³/mol. The highest BCUT2D eigenvalue weighted by Gasteiger charge is 2.05. The standard InChI is InChI=1S/C15H14ClN/c1-12(13-8-4-2-5-9-13)17-15(16)14-10-6-3-7-11-14/h2-12H,1H3. The van der Waals surface area contributed by atoms with E-state index in [1.165, 1.54) is 5.56 Å². The van der Waals surface area contributed by atoms with Gasteiger partial charge in [-0.1, -0.05) is 72.3 Å². The van der Waals surface area contributed by atoms with Gasteiger partial charge in [0.1, 0.15) is 5.17 Å². The van der Waals surface area contributed by atoms with E-state index in [0.717, 1.165) is 5.56 Å². The number of hydrogen-bond donors (Lipinski definition) is 0. The molecule has 0 radical (unpaired) electrons. The Balaban J connectivity index is 2.20. The van der Waals surface area contributed by atoms with Gasteiger partial charge in [0.05, 0.1) is 6.04 Å². The first kappa shape index (κ1) is 11.9. The van der Waals surface area contributed by atoms with Gasteiger partial charge in [-0.25, -0.2) is 0 Å². The van der Waals surface area contributed by atoms with Gasteiger partial charge in [0, 0.05) is 5.56 Å². The maximum atomic E-state index is 6.20. The molecule has 2 aromatic carbocycles. The van der Waals surface area contributed by atoms with E-state index in [0.29, 0.717) is 5.17 Å². The first-order valence-corrected chi connectivity index (χ1v) is 5.99. The first-order chi connectivity index (χ1) is 8.27. The highest BCUT2D eigenvalue weighted by Crippen LogP contribution is 2.18. The summed E-state index contributed by atoms with van der Waals surface area (Å²) in [6, 6.07) is 20.0. The third-order valence-corrected chi connectivity index (χ3v) is 2.92. The summed E-state index contributed by atoms with van der Waals surface area (Å²) in [7, 11) is 0. The molecular formula is C15H14ClN. The summed E-state index contributed by atoms with van der Waals surface area (Å²) in [5, 5.41) is 0.557. The van der Waals surface area contributed by atoms with E-state index in [-0.39, 0.29) is 6.04 Å². The van der Waals surface area contributed by atoms with Gasteiger partial charge in [-0.05, 0) is 12.5 Å². The summed E-state index contributed by atoms with van der Waals surface area (Å²) in [5.74, 6) is 0. The van der Waals surface area contributed by atoms with Crippen LogP contribution < -0.4 is 0 Å². The highest BCUT2D eigenvalue weighted by atomic mass is 35.5. The van der Waals surface area contributed by atoms with E-state index in [1.54, 1.807) is 0 Å². The molecule has 1 unspecified atom stereocenters. The van der Waals surface area contributed by atoms with Gasteiger partial charge in [0.15, 0.2) is 0 Å². The number of rotatable bonds is 3. The molecule has 2 aromatic rings. The van der Waals surface area contributed by atoms with Crippen molar-refractivity contribution in [1.82, 2.24) is 0 Å². The zero-order valence-corrected chi connectivity index (χ0v) is 10.4. The third-order valence-electron chi connectivity index (χ3n) is 2.60. The van der Waals surface area contributed by atoms with Crippen molar-refractivity contribution in [3.05, 3.63) is 71.8 Å². The van der Waals surface area contributed by atoms with Crippen molar-refractivity contribution in [2.24, 2.45) is 4.99 Å². The lowest BCUT2D eigenvalue weighted by Crippen LogP contribution is -1.96. The molecule has 17 heavy (non-hydrogen) atoms. The van der Waals surface area contributed by atoms with Gasteiger partial charge in [-0.3, -0.25) is 4.99 Å². The lowest BCUT2D eigenvalue weighted by Gasteiger charge is -2.07. The highest BCUT2D eigenvalue weighted by molar-refractivity contribution is 6.69. The second kappa shape index (κ2) is 5.65.